The Balaban J connectivity index is 1.65. The summed E-state index contributed by atoms with van der Waals surface area (Å²) in [7, 11) is 0. The molecule has 0 aromatic heterocycles. The molecule has 0 radical (unpaired) electrons. The van der Waals surface area contributed by atoms with E-state index in [0.717, 1.165) is 57.5 Å². The normalized spacial score (nSPS) is 17.3. The summed E-state index contributed by atoms with van der Waals surface area (Å²) in [4.78, 5) is 2.46. The van der Waals surface area contributed by atoms with Crippen LogP contribution >= 0.6 is 0 Å². The fraction of sp³-hybridized carbons (Fsp3) is 0.625. The summed E-state index contributed by atoms with van der Waals surface area (Å²) < 4.78 is 18.7. The molecule has 0 aliphatic carbocycles. The molecule has 1 heterocycles. The molecule has 2 rings (SSSR count). The largest absolute Gasteiger partial charge is 0.490 e. The average molecular weight is 281 g/mol. The van der Waals surface area contributed by atoms with Crippen LogP contribution in [0.5, 0.6) is 5.75 Å². The molecule has 1 N–H and O–H groups in total. The van der Waals surface area contributed by atoms with Crippen LogP contribution in [0.1, 0.15) is 32.1 Å². The zero-order chi connectivity index (χ0) is 14.2. The van der Waals surface area contributed by atoms with Crippen LogP contribution in [0.2, 0.25) is 0 Å². The lowest BCUT2D eigenvalue weighted by Gasteiger charge is -2.32. The maximum absolute atomic E-state index is 12.8. The van der Waals surface area contributed by atoms with Gasteiger partial charge in [0.05, 0.1) is 0 Å². The fourth-order valence-electron chi connectivity index (χ4n) is 2.58. The van der Waals surface area contributed by atoms with E-state index in [9.17, 15) is 4.39 Å². The molecule has 1 fully saturated rings. The molecule has 1 aliphatic heterocycles. The summed E-state index contributed by atoms with van der Waals surface area (Å²) in [5.41, 5.74) is 0. The van der Waals surface area contributed by atoms with E-state index in [1.54, 1.807) is 12.1 Å². The Morgan fingerprint density at radius 3 is 2.45 bits per heavy atom. The van der Waals surface area contributed by atoms with Crippen LogP contribution in [0.15, 0.2) is 24.3 Å². The smallest absolute Gasteiger partial charge is 0.123 e. The number of piperidine rings is 1. The third-order valence-corrected chi connectivity index (χ3v) is 3.78. The monoisotopic (exact) mass is 281 g/mol. The van der Waals surface area contributed by atoms with E-state index < -0.39 is 0 Å². The number of aliphatic hydroxyl groups excluding tert-OH is 1. The number of hydrogen-bond acceptors (Lipinski definition) is 3. The van der Waals surface area contributed by atoms with Crippen molar-refractivity contribution in [1.82, 2.24) is 4.90 Å². The van der Waals surface area contributed by atoms with E-state index in [2.05, 4.69) is 4.90 Å². The number of ether oxygens (including phenoxy) is 1. The number of unbranched alkanes of at least 4 members (excludes halogenated alkanes) is 2. The predicted octanol–water partition coefficient (Wildman–Crippen LogP) is 2.83. The average Bonchev–Trinajstić information content (AvgIpc) is 2.48. The molecule has 0 spiro atoms. The molecule has 0 atom stereocenters. The molecule has 112 valence electrons. The van der Waals surface area contributed by atoms with Gasteiger partial charge in [-0.25, -0.2) is 4.39 Å². The van der Waals surface area contributed by atoms with Gasteiger partial charge in [0.15, 0.2) is 0 Å². The van der Waals surface area contributed by atoms with Crippen molar-refractivity contribution in [1.29, 1.82) is 0 Å². The molecular formula is C16H24FNO2. The Hall–Kier alpha value is -1.13. The third-order valence-electron chi connectivity index (χ3n) is 3.78. The minimum atomic E-state index is -0.227. The second kappa shape index (κ2) is 8.22. The zero-order valence-electron chi connectivity index (χ0n) is 11.9. The summed E-state index contributed by atoms with van der Waals surface area (Å²) in [5.74, 6) is 0.530. The molecule has 3 nitrogen and oxygen atoms in total. The van der Waals surface area contributed by atoms with Gasteiger partial charge in [-0.05, 0) is 62.9 Å². The highest BCUT2D eigenvalue weighted by Gasteiger charge is 2.20. The lowest BCUT2D eigenvalue weighted by molar-refractivity contribution is 0.0992. The van der Waals surface area contributed by atoms with E-state index in [1.807, 2.05) is 0 Å². The molecule has 0 amide bonds. The molecule has 0 unspecified atom stereocenters. The minimum absolute atomic E-state index is 0.227. The van der Waals surface area contributed by atoms with Gasteiger partial charge in [-0.15, -0.1) is 0 Å². The molecule has 20 heavy (non-hydrogen) atoms. The highest BCUT2D eigenvalue weighted by atomic mass is 19.1. The van der Waals surface area contributed by atoms with Crippen molar-refractivity contribution in [2.45, 2.75) is 38.2 Å². The lowest BCUT2D eigenvalue weighted by atomic mass is 10.1. The first kappa shape index (κ1) is 15.3. The fourth-order valence-corrected chi connectivity index (χ4v) is 2.58. The number of likely N-dealkylation sites (tertiary alicyclic amines) is 1. The predicted molar refractivity (Wildman–Crippen MR) is 77.4 cm³/mol. The van der Waals surface area contributed by atoms with Crippen LogP contribution < -0.4 is 4.74 Å². The first-order chi connectivity index (χ1) is 9.78. The standard InChI is InChI=1S/C16H24FNO2/c17-14-4-6-15(7-5-14)20-16-8-11-18(12-9-16)10-2-1-3-13-19/h4-7,16,19H,1-3,8-13H2. The van der Waals surface area contributed by atoms with Crippen LogP contribution in [0.3, 0.4) is 0 Å². The Labute approximate surface area is 120 Å². The van der Waals surface area contributed by atoms with Crippen molar-refractivity contribution in [3.8, 4) is 5.75 Å². The number of rotatable bonds is 7. The highest BCUT2D eigenvalue weighted by molar-refractivity contribution is 5.22. The van der Waals surface area contributed by atoms with Crippen molar-refractivity contribution in [2.75, 3.05) is 26.2 Å². The van der Waals surface area contributed by atoms with Crippen molar-refractivity contribution >= 4 is 0 Å². The second-order valence-corrected chi connectivity index (χ2v) is 5.40. The SMILES string of the molecule is OCCCCCN1CCC(Oc2ccc(F)cc2)CC1. The van der Waals surface area contributed by atoms with Crippen molar-refractivity contribution in [3.63, 3.8) is 0 Å². The van der Waals surface area contributed by atoms with Crippen molar-refractivity contribution < 1.29 is 14.2 Å². The van der Waals surface area contributed by atoms with Crippen LogP contribution in [-0.2, 0) is 0 Å². The van der Waals surface area contributed by atoms with E-state index in [-0.39, 0.29) is 11.9 Å². The van der Waals surface area contributed by atoms with E-state index in [1.165, 1.54) is 12.1 Å². The lowest BCUT2D eigenvalue weighted by Crippen LogP contribution is -2.38. The van der Waals surface area contributed by atoms with Crippen LogP contribution in [0, 0.1) is 5.82 Å². The molecule has 1 aliphatic rings. The van der Waals surface area contributed by atoms with Gasteiger partial charge in [-0.1, -0.05) is 0 Å². The number of benzene rings is 1. The number of hydrogen-bond donors (Lipinski definition) is 1. The number of aliphatic hydroxyl groups is 1. The molecule has 1 saturated heterocycles. The second-order valence-electron chi connectivity index (χ2n) is 5.40. The Morgan fingerprint density at radius 1 is 1.10 bits per heavy atom. The topological polar surface area (TPSA) is 32.7 Å². The summed E-state index contributed by atoms with van der Waals surface area (Å²) in [5, 5.41) is 8.74. The summed E-state index contributed by atoms with van der Waals surface area (Å²) in [6, 6.07) is 6.25. The first-order valence-corrected chi connectivity index (χ1v) is 7.53. The van der Waals surface area contributed by atoms with Crippen molar-refractivity contribution in [2.24, 2.45) is 0 Å². The summed E-state index contributed by atoms with van der Waals surface area (Å²) >= 11 is 0. The van der Waals surface area contributed by atoms with Gasteiger partial charge in [0.1, 0.15) is 17.7 Å². The Morgan fingerprint density at radius 2 is 1.80 bits per heavy atom. The third kappa shape index (κ3) is 5.10. The van der Waals surface area contributed by atoms with Gasteiger partial charge in [0.2, 0.25) is 0 Å². The molecule has 4 heteroatoms. The summed E-state index contributed by atoms with van der Waals surface area (Å²) in [6.45, 7) is 3.53. The highest BCUT2D eigenvalue weighted by Crippen LogP contribution is 2.19. The minimum Gasteiger partial charge on any atom is -0.490 e. The van der Waals surface area contributed by atoms with Crippen LogP contribution in [0.25, 0.3) is 0 Å². The molecule has 0 bridgehead atoms. The zero-order valence-corrected chi connectivity index (χ0v) is 11.9. The van der Waals surface area contributed by atoms with Gasteiger partial charge in [0, 0.05) is 19.7 Å². The van der Waals surface area contributed by atoms with Gasteiger partial charge in [0.25, 0.3) is 0 Å². The molecular weight excluding hydrogens is 257 g/mol. The Bertz CT molecular complexity index is 375. The maximum Gasteiger partial charge on any atom is 0.123 e. The van der Waals surface area contributed by atoms with E-state index >= 15 is 0 Å². The van der Waals surface area contributed by atoms with Crippen molar-refractivity contribution in [3.05, 3.63) is 30.1 Å². The first-order valence-electron chi connectivity index (χ1n) is 7.53. The summed E-state index contributed by atoms with van der Waals surface area (Å²) in [6.07, 6.45) is 5.46. The van der Waals surface area contributed by atoms with Gasteiger partial charge in [-0.3, -0.25) is 0 Å². The number of halogens is 1. The van der Waals surface area contributed by atoms with Gasteiger partial charge in [-0.2, -0.15) is 0 Å². The molecule has 1 aromatic rings. The Kier molecular flexibility index (Phi) is 6.27. The quantitative estimate of drug-likeness (QED) is 0.780. The van der Waals surface area contributed by atoms with E-state index in [0.29, 0.717) is 6.61 Å². The number of nitrogens with zero attached hydrogens (tertiary/aromatic N) is 1. The van der Waals surface area contributed by atoms with E-state index in [4.69, 9.17) is 9.84 Å². The molecule has 0 saturated carbocycles. The molecule has 1 aromatic carbocycles. The maximum atomic E-state index is 12.8. The van der Waals surface area contributed by atoms with Crippen LogP contribution in [0.4, 0.5) is 4.39 Å². The van der Waals surface area contributed by atoms with Crippen LogP contribution in [-0.4, -0.2) is 42.4 Å². The van der Waals surface area contributed by atoms with Gasteiger partial charge < -0.3 is 14.7 Å². The van der Waals surface area contributed by atoms with Gasteiger partial charge >= 0.3 is 0 Å².